The standard InChI is InChI=1S/C35H49N7O10/c1-3-34(39(45)9-17-49-18-10-39,40(46)11-19-50-20-12-40)37-28-5-6-29(31-30(28)32(43)26-7-8-36-25-27(26)33(31)44)38-35(4-2,41(47)13-21-51-22-14-41)42(48)15-23-52-24-16-42/h5-8,25,37-38H,3-4,9-24H2,1-2H3. The third kappa shape index (κ3) is 5.57. The number of rotatable bonds is 10. The number of aromatic nitrogens is 1. The van der Waals surface area contributed by atoms with Crippen molar-refractivity contribution >= 4 is 22.9 Å². The summed E-state index contributed by atoms with van der Waals surface area (Å²) in [6.45, 7) is 4.83. The molecule has 1 aromatic carbocycles. The molecule has 0 amide bonds. The molecule has 5 aliphatic rings. The molecule has 0 bridgehead atoms. The summed E-state index contributed by atoms with van der Waals surface area (Å²) in [4.78, 5) is 33.4. The SMILES string of the molecule is CCC(Nc1ccc(NC(CC)([N+]2([O-])CCOCC2)[N+]2([O-])CCOCC2)c2c1C(=O)c1ccncc1C2=O)([N+]1([O-])CCOCC1)[N+]1([O-])CCOCC1. The summed E-state index contributed by atoms with van der Waals surface area (Å²) in [7, 11) is 0. The van der Waals surface area contributed by atoms with E-state index in [0.717, 1.165) is 0 Å². The number of hydrogen-bond donors (Lipinski definition) is 2. The van der Waals surface area contributed by atoms with E-state index in [-0.39, 0.29) is 152 Å². The lowest BCUT2D eigenvalue weighted by molar-refractivity contribution is -1.13. The number of ketones is 2. The van der Waals surface area contributed by atoms with Gasteiger partial charge in [-0.1, -0.05) is 13.8 Å². The smallest absolute Gasteiger partial charge is 0.306 e. The van der Waals surface area contributed by atoms with Crippen LogP contribution in [0.2, 0.25) is 0 Å². The van der Waals surface area contributed by atoms with Crippen molar-refractivity contribution in [2.24, 2.45) is 0 Å². The molecule has 0 radical (unpaired) electrons. The molecular formula is C35H49N7O10. The van der Waals surface area contributed by atoms with E-state index in [1.54, 1.807) is 26.0 Å². The van der Waals surface area contributed by atoms with Gasteiger partial charge < -0.3 is 39.8 Å². The lowest BCUT2D eigenvalue weighted by Crippen LogP contribution is -2.82. The summed E-state index contributed by atoms with van der Waals surface area (Å²) in [6, 6.07) is 4.61. The third-order valence-electron chi connectivity index (χ3n) is 12.1. The average Bonchev–Trinajstić information content (AvgIpc) is 3.16. The maximum atomic E-state index is 15.0. The molecule has 4 fully saturated rings. The van der Waals surface area contributed by atoms with Gasteiger partial charge in [-0.2, -0.15) is 0 Å². The summed E-state index contributed by atoms with van der Waals surface area (Å²) < 4.78 is 18.6. The molecule has 0 unspecified atom stereocenters. The van der Waals surface area contributed by atoms with Crippen LogP contribution in [0.5, 0.6) is 0 Å². The maximum Gasteiger partial charge on any atom is 0.306 e. The Balaban J connectivity index is 1.43. The van der Waals surface area contributed by atoms with Crippen molar-refractivity contribution in [1.82, 2.24) is 4.98 Å². The topological polar surface area (TPSA) is 200 Å². The van der Waals surface area contributed by atoms with Crippen molar-refractivity contribution in [2.45, 2.75) is 38.3 Å². The summed E-state index contributed by atoms with van der Waals surface area (Å²) in [5.74, 6) is -4.53. The number of nitrogens with zero attached hydrogens (tertiary/aromatic N) is 5. The lowest BCUT2D eigenvalue weighted by Gasteiger charge is -2.66. The van der Waals surface area contributed by atoms with E-state index >= 15 is 0 Å². The number of hydroxylamine groups is 12. The first-order valence-corrected chi connectivity index (χ1v) is 18.3. The van der Waals surface area contributed by atoms with Gasteiger partial charge in [0.2, 0.25) is 0 Å². The highest BCUT2D eigenvalue weighted by molar-refractivity contribution is 6.31. The first-order valence-electron chi connectivity index (χ1n) is 18.3. The number of hydrogen-bond acceptors (Lipinski definition) is 13. The molecule has 52 heavy (non-hydrogen) atoms. The van der Waals surface area contributed by atoms with Crippen LogP contribution in [-0.2, 0) is 18.9 Å². The Morgan fingerprint density at radius 1 is 0.577 bits per heavy atom. The maximum absolute atomic E-state index is 15.0. The Morgan fingerprint density at radius 2 is 0.904 bits per heavy atom. The number of ether oxygens (including phenoxy) is 4. The monoisotopic (exact) mass is 727 g/mol. The zero-order valence-corrected chi connectivity index (χ0v) is 29.9. The van der Waals surface area contributed by atoms with Crippen LogP contribution in [-0.4, -0.2) is 152 Å². The number of anilines is 2. The molecule has 5 heterocycles. The number of carbonyl (C=O) groups excluding carboxylic acids is 2. The second kappa shape index (κ2) is 13.9. The fraction of sp³-hybridized carbons (Fsp3) is 0.629. The fourth-order valence-corrected chi connectivity index (χ4v) is 9.19. The zero-order chi connectivity index (χ0) is 36.8. The van der Waals surface area contributed by atoms with Crippen molar-refractivity contribution in [3.8, 4) is 0 Å². The Morgan fingerprint density at radius 3 is 1.23 bits per heavy atom. The van der Waals surface area contributed by atoms with Gasteiger partial charge in [0, 0.05) is 18.0 Å². The van der Waals surface area contributed by atoms with Gasteiger partial charge in [-0.05, 0) is 18.2 Å². The van der Waals surface area contributed by atoms with E-state index in [0.29, 0.717) is 0 Å². The van der Waals surface area contributed by atoms with Gasteiger partial charge in [0.15, 0.2) is 11.6 Å². The highest BCUT2D eigenvalue weighted by Crippen LogP contribution is 2.46. The number of fused-ring (bicyclic) bond motifs is 2. The summed E-state index contributed by atoms with van der Waals surface area (Å²) in [6.07, 6.45) is 2.93. The molecule has 2 aromatic rings. The average molecular weight is 728 g/mol. The van der Waals surface area contributed by atoms with E-state index in [1.165, 1.54) is 18.5 Å². The molecule has 0 saturated carbocycles. The van der Waals surface area contributed by atoms with Gasteiger partial charge in [-0.25, -0.2) is 0 Å². The first-order chi connectivity index (χ1) is 24.9. The van der Waals surface area contributed by atoms with Crippen molar-refractivity contribution < 1.29 is 47.1 Å². The van der Waals surface area contributed by atoms with Crippen LogP contribution in [0.25, 0.3) is 0 Å². The molecule has 4 saturated heterocycles. The summed E-state index contributed by atoms with van der Waals surface area (Å²) >= 11 is 0. The van der Waals surface area contributed by atoms with E-state index in [1.807, 2.05) is 0 Å². The molecule has 4 aliphatic heterocycles. The van der Waals surface area contributed by atoms with E-state index in [2.05, 4.69) is 15.6 Å². The number of morpholine rings is 4. The normalized spacial score (nSPS) is 24.0. The Bertz CT molecular complexity index is 1500. The number of quaternary nitrogens is 4. The van der Waals surface area contributed by atoms with Crippen LogP contribution in [0.4, 0.5) is 11.4 Å². The van der Waals surface area contributed by atoms with Crippen LogP contribution in [0.15, 0.2) is 30.6 Å². The second-order valence-corrected chi connectivity index (χ2v) is 14.4. The molecule has 284 valence electrons. The third-order valence-corrected chi connectivity index (χ3v) is 12.1. The molecule has 2 N–H and O–H groups in total. The minimum absolute atomic E-state index is 0.00481. The van der Waals surface area contributed by atoms with Crippen LogP contribution in [0.3, 0.4) is 0 Å². The largest absolute Gasteiger partial charge is 0.627 e. The highest BCUT2D eigenvalue weighted by Gasteiger charge is 2.60. The minimum Gasteiger partial charge on any atom is -0.627 e. The molecule has 17 nitrogen and oxygen atoms in total. The van der Waals surface area contributed by atoms with Crippen molar-refractivity contribution in [1.29, 1.82) is 0 Å². The number of carbonyl (C=O) groups is 2. The van der Waals surface area contributed by atoms with Crippen molar-refractivity contribution in [2.75, 3.05) is 116 Å². The van der Waals surface area contributed by atoms with Gasteiger partial charge in [0.25, 0.3) is 0 Å². The van der Waals surface area contributed by atoms with E-state index in [4.69, 9.17) is 18.9 Å². The Kier molecular flexibility index (Phi) is 9.94. The van der Waals surface area contributed by atoms with Crippen molar-refractivity contribution in [3.63, 3.8) is 0 Å². The van der Waals surface area contributed by atoms with E-state index < -0.39 is 41.7 Å². The predicted octanol–water partition coefficient (Wildman–Crippen LogP) is 2.19. The first kappa shape index (κ1) is 37.2. The second-order valence-electron chi connectivity index (χ2n) is 14.4. The highest BCUT2D eigenvalue weighted by atomic mass is 16.6. The van der Waals surface area contributed by atoms with Crippen LogP contribution in [0.1, 0.15) is 58.5 Å². The van der Waals surface area contributed by atoms with Gasteiger partial charge >= 0.3 is 11.6 Å². The number of nitrogens with one attached hydrogen (secondary N) is 2. The lowest BCUT2D eigenvalue weighted by atomic mass is 9.82. The van der Waals surface area contributed by atoms with Crippen LogP contribution < -0.4 is 10.6 Å². The fourth-order valence-electron chi connectivity index (χ4n) is 9.19. The minimum atomic E-state index is -1.74. The van der Waals surface area contributed by atoms with E-state index in [9.17, 15) is 30.4 Å². The molecule has 17 heteroatoms. The quantitative estimate of drug-likeness (QED) is 0.228. The predicted molar refractivity (Wildman–Crippen MR) is 188 cm³/mol. The molecule has 1 aromatic heterocycles. The van der Waals surface area contributed by atoms with Gasteiger partial charge in [-0.3, -0.25) is 43.8 Å². The van der Waals surface area contributed by atoms with Crippen LogP contribution in [0, 0.1) is 20.8 Å². The van der Waals surface area contributed by atoms with Crippen molar-refractivity contribution in [3.05, 3.63) is 73.7 Å². The van der Waals surface area contributed by atoms with Gasteiger partial charge in [0.05, 0.1) is 93.8 Å². The van der Waals surface area contributed by atoms with Crippen LogP contribution >= 0.6 is 0 Å². The van der Waals surface area contributed by atoms with Gasteiger partial charge in [0.1, 0.15) is 52.4 Å². The molecule has 0 atom stereocenters. The summed E-state index contributed by atoms with van der Waals surface area (Å²) in [5, 5.41) is 66.6. The Labute approximate surface area is 302 Å². The molecule has 0 spiro atoms. The summed E-state index contributed by atoms with van der Waals surface area (Å²) in [5.41, 5.74) is 0.353. The zero-order valence-electron chi connectivity index (χ0n) is 29.9. The van der Waals surface area contributed by atoms with Gasteiger partial charge in [-0.15, -0.1) is 0 Å². The Hall–Kier alpha value is -3.17. The number of pyridine rings is 1. The molecule has 7 rings (SSSR count). The molecule has 1 aliphatic carbocycles. The molecular weight excluding hydrogens is 678 g/mol. The number of benzene rings is 1.